The van der Waals surface area contributed by atoms with Crippen molar-refractivity contribution in [2.75, 3.05) is 45.2 Å². The van der Waals surface area contributed by atoms with Crippen molar-refractivity contribution in [2.45, 2.75) is 39.0 Å². The molecule has 1 heterocycles. The first-order chi connectivity index (χ1) is 13.6. The van der Waals surface area contributed by atoms with Crippen molar-refractivity contribution >= 4 is 5.69 Å². The molecule has 3 rings (SSSR count). The van der Waals surface area contributed by atoms with Crippen LogP contribution in [0.3, 0.4) is 0 Å². The summed E-state index contributed by atoms with van der Waals surface area (Å²) in [7, 11) is 4.19. The van der Waals surface area contributed by atoms with Crippen LogP contribution in [0.15, 0.2) is 48.5 Å². The van der Waals surface area contributed by atoms with Crippen LogP contribution in [0.2, 0.25) is 0 Å². The lowest BCUT2D eigenvalue weighted by atomic mass is 9.80. The molecule has 1 aliphatic heterocycles. The predicted molar refractivity (Wildman–Crippen MR) is 120 cm³/mol. The number of aryl methyl sites for hydroxylation is 1. The number of unbranched alkanes of at least 4 members (excludes halogenated alkanes) is 1. The summed E-state index contributed by atoms with van der Waals surface area (Å²) < 4.78 is 6.23. The normalized spacial score (nSPS) is 20.1. The first-order valence-corrected chi connectivity index (χ1v) is 10.8. The highest BCUT2D eigenvalue weighted by Gasteiger charge is 2.30. The molecule has 1 saturated heterocycles. The first kappa shape index (κ1) is 20.7. The molecule has 3 heteroatoms. The molecule has 0 unspecified atom stereocenters. The molecule has 152 valence electrons. The highest BCUT2D eigenvalue weighted by Crippen LogP contribution is 2.34. The maximum Gasteiger partial charge on any atom is 0.119 e. The van der Waals surface area contributed by atoms with Gasteiger partial charge in [0.1, 0.15) is 5.75 Å². The summed E-state index contributed by atoms with van der Waals surface area (Å²) in [5.74, 6) is 2.08. The van der Waals surface area contributed by atoms with Crippen molar-refractivity contribution in [3.8, 4) is 5.75 Å². The maximum absolute atomic E-state index is 6.23. The fourth-order valence-corrected chi connectivity index (χ4v) is 4.16. The Balaban J connectivity index is 1.71. The van der Waals surface area contributed by atoms with Crippen molar-refractivity contribution in [2.24, 2.45) is 5.92 Å². The van der Waals surface area contributed by atoms with E-state index in [1.807, 2.05) is 0 Å². The van der Waals surface area contributed by atoms with Crippen molar-refractivity contribution in [1.82, 2.24) is 4.90 Å². The first-order valence-electron chi connectivity index (χ1n) is 10.8. The Kier molecular flexibility index (Phi) is 7.38. The molecule has 0 saturated carbocycles. The van der Waals surface area contributed by atoms with Gasteiger partial charge in [-0.15, -0.1) is 0 Å². The maximum atomic E-state index is 6.23. The van der Waals surface area contributed by atoms with Gasteiger partial charge in [0.05, 0.1) is 6.61 Å². The molecule has 0 bridgehead atoms. The third-order valence-electron chi connectivity index (χ3n) is 5.97. The molecular weight excluding hydrogens is 344 g/mol. The number of ether oxygens (including phenoxy) is 1. The van der Waals surface area contributed by atoms with E-state index in [1.165, 1.54) is 49.2 Å². The second kappa shape index (κ2) is 9.97. The number of piperidine rings is 1. The Morgan fingerprint density at radius 1 is 1.04 bits per heavy atom. The number of hydrogen-bond donors (Lipinski definition) is 0. The summed E-state index contributed by atoms with van der Waals surface area (Å²) in [5.41, 5.74) is 3.99. The Morgan fingerprint density at radius 2 is 1.75 bits per heavy atom. The van der Waals surface area contributed by atoms with Gasteiger partial charge in [-0.25, -0.2) is 0 Å². The van der Waals surface area contributed by atoms with Crippen molar-refractivity contribution in [3.05, 3.63) is 59.7 Å². The fraction of sp³-hybridized carbons (Fsp3) is 0.520. The van der Waals surface area contributed by atoms with Gasteiger partial charge in [-0.1, -0.05) is 43.2 Å². The number of benzene rings is 2. The zero-order valence-electron chi connectivity index (χ0n) is 18.0. The number of anilines is 1. The lowest BCUT2D eigenvalue weighted by Gasteiger charge is -2.39. The van der Waals surface area contributed by atoms with Gasteiger partial charge in [-0.05, 0) is 68.6 Å². The van der Waals surface area contributed by atoms with Crippen molar-refractivity contribution in [1.29, 1.82) is 0 Å². The Bertz CT molecular complexity index is 708. The lowest BCUT2D eigenvalue weighted by Crippen LogP contribution is -2.42. The largest absolute Gasteiger partial charge is 0.493 e. The number of hydrogen-bond acceptors (Lipinski definition) is 3. The van der Waals surface area contributed by atoms with Gasteiger partial charge < -0.3 is 14.5 Å². The highest BCUT2D eigenvalue weighted by atomic mass is 16.5. The third kappa shape index (κ3) is 5.51. The fourth-order valence-electron chi connectivity index (χ4n) is 4.16. The van der Waals surface area contributed by atoms with Crippen LogP contribution in [-0.4, -0.2) is 45.2 Å². The molecule has 1 fully saturated rings. The second-order valence-electron chi connectivity index (χ2n) is 8.42. The monoisotopic (exact) mass is 380 g/mol. The molecule has 3 nitrogen and oxygen atoms in total. The van der Waals surface area contributed by atoms with Crippen molar-refractivity contribution < 1.29 is 4.74 Å². The van der Waals surface area contributed by atoms with E-state index < -0.39 is 0 Å². The topological polar surface area (TPSA) is 15.7 Å². The number of likely N-dealkylation sites (tertiary alicyclic amines) is 1. The lowest BCUT2D eigenvalue weighted by molar-refractivity contribution is 0.110. The Hall–Kier alpha value is -2.00. The van der Waals surface area contributed by atoms with E-state index in [9.17, 15) is 0 Å². The molecule has 2 aromatic rings. The number of rotatable bonds is 8. The van der Waals surface area contributed by atoms with Crippen molar-refractivity contribution in [3.63, 3.8) is 0 Å². The summed E-state index contributed by atoms with van der Waals surface area (Å²) in [6, 6.07) is 17.6. The van der Waals surface area contributed by atoms with Gasteiger partial charge in [-0.3, -0.25) is 0 Å². The molecule has 0 spiro atoms. The summed E-state index contributed by atoms with van der Waals surface area (Å²) >= 11 is 0. The smallest absolute Gasteiger partial charge is 0.119 e. The van der Waals surface area contributed by atoms with Gasteiger partial charge in [-0.2, -0.15) is 0 Å². The molecule has 28 heavy (non-hydrogen) atoms. The van der Waals surface area contributed by atoms with Crippen LogP contribution >= 0.6 is 0 Å². The van der Waals surface area contributed by atoms with Gasteiger partial charge in [0.25, 0.3) is 0 Å². The Morgan fingerprint density at radius 3 is 2.39 bits per heavy atom. The number of nitrogens with zero attached hydrogens (tertiary/aromatic N) is 2. The van der Waals surface area contributed by atoms with E-state index >= 15 is 0 Å². The molecule has 0 radical (unpaired) electrons. The van der Waals surface area contributed by atoms with Crippen LogP contribution in [0.25, 0.3) is 0 Å². The average Bonchev–Trinajstić information content (AvgIpc) is 2.72. The molecule has 2 atom stereocenters. The average molecular weight is 381 g/mol. The minimum Gasteiger partial charge on any atom is -0.493 e. The van der Waals surface area contributed by atoms with Gasteiger partial charge in [0.15, 0.2) is 0 Å². The molecular formula is C25H36N2O. The summed E-state index contributed by atoms with van der Waals surface area (Å²) in [4.78, 5) is 4.80. The van der Waals surface area contributed by atoms with E-state index in [4.69, 9.17) is 4.74 Å². The molecule has 2 aromatic carbocycles. The van der Waals surface area contributed by atoms with E-state index in [0.29, 0.717) is 11.8 Å². The molecule has 0 amide bonds. The van der Waals surface area contributed by atoms with E-state index in [2.05, 4.69) is 86.3 Å². The zero-order valence-corrected chi connectivity index (χ0v) is 18.0. The van der Waals surface area contributed by atoms with Gasteiger partial charge in [0.2, 0.25) is 0 Å². The third-order valence-corrected chi connectivity index (χ3v) is 5.97. The molecule has 0 aliphatic carbocycles. The molecule has 1 aliphatic rings. The molecule has 0 aromatic heterocycles. The second-order valence-corrected chi connectivity index (χ2v) is 8.42. The van der Waals surface area contributed by atoms with E-state index in [-0.39, 0.29) is 0 Å². The van der Waals surface area contributed by atoms with Crippen LogP contribution in [-0.2, 0) is 0 Å². The quantitative estimate of drug-likeness (QED) is 0.614. The predicted octanol–water partition coefficient (Wildman–Crippen LogP) is 5.35. The summed E-state index contributed by atoms with van der Waals surface area (Å²) in [5, 5.41) is 0. The summed E-state index contributed by atoms with van der Waals surface area (Å²) in [6.07, 6.45) is 3.76. The van der Waals surface area contributed by atoms with Gasteiger partial charge >= 0.3 is 0 Å². The van der Waals surface area contributed by atoms with Crippen LogP contribution in [0.1, 0.15) is 43.2 Å². The summed E-state index contributed by atoms with van der Waals surface area (Å²) in [6.45, 7) is 8.71. The zero-order chi connectivity index (χ0) is 19.9. The molecule has 0 N–H and O–H groups in total. The van der Waals surface area contributed by atoms with Gasteiger partial charge in [0, 0.05) is 32.2 Å². The minimum absolute atomic E-state index is 0.525. The van der Waals surface area contributed by atoms with Crippen LogP contribution < -0.4 is 9.64 Å². The van der Waals surface area contributed by atoms with Crippen LogP contribution in [0, 0.1) is 12.8 Å². The van der Waals surface area contributed by atoms with Crippen LogP contribution in [0.5, 0.6) is 5.75 Å². The van der Waals surface area contributed by atoms with Crippen LogP contribution in [0.4, 0.5) is 5.69 Å². The Labute approximate surface area is 171 Å². The SMILES string of the molecule is CCCCN1CC[C@@H](c2ccc(N(C)C)cc2)[C@H](COc2ccc(C)cc2)C1. The van der Waals surface area contributed by atoms with E-state index in [0.717, 1.165) is 18.9 Å². The highest BCUT2D eigenvalue weighted by molar-refractivity contribution is 5.46. The van der Waals surface area contributed by atoms with E-state index in [1.54, 1.807) is 0 Å². The minimum atomic E-state index is 0.525. The standard InChI is InChI=1S/C25H36N2O/c1-5-6-16-27-17-15-25(21-9-11-23(12-10-21)26(3)4)22(18-27)19-28-24-13-7-20(2)8-14-24/h7-14,22,25H,5-6,15-19H2,1-4H3/t22-,25-/m0/s1.